The van der Waals surface area contributed by atoms with E-state index in [9.17, 15) is 14.0 Å². The van der Waals surface area contributed by atoms with Crippen LogP contribution >= 0.6 is 11.6 Å². The molecule has 2 aromatic carbocycles. The van der Waals surface area contributed by atoms with Gasteiger partial charge in [-0.1, -0.05) is 23.7 Å². The lowest BCUT2D eigenvalue weighted by Gasteiger charge is -2.01. The number of Topliss-reactive ketones (excluding diaryl/α,β-unsaturated/α-hetero) is 2. The number of hydrogen-bond acceptors (Lipinski definition) is 2. The molecule has 0 spiro atoms. The van der Waals surface area contributed by atoms with E-state index in [2.05, 4.69) is 0 Å². The van der Waals surface area contributed by atoms with Crippen LogP contribution in [0.1, 0.15) is 28.8 Å². The van der Waals surface area contributed by atoms with Gasteiger partial charge < -0.3 is 0 Å². The minimum absolute atomic E-state index is 0.000381. The van der Waals surface area contributed by atoms with Crippen molar-refractivity contribution in [3.63, 3.8) is 0 Å². The highest BCUT2D eigenvalue weighted by atomic mass is 35.5. The summed E-state index contributed by atoms with van der Waals surface area (Å²) in [4.78, 5) is 24.4. The third kappa shape index (κ3) is 2.69. The van der Waals surface area contributed by atoms with Gasteiger partial charge in [-0.15, -0.1) is 0 Å². The lowest BCUT2D eigenvalue weighted by atomic mass is 10.0. The van der Waals surface area contributed by atoms with Crippen molar-refractivity contribution >= 4 is 23.2 Å². The van der Waals surface area contributed by atoms with Gasteiger partial charge in [-0.05, 0) is 48.9 Å². The fourth-order valence-corrected chi connectivity index (χ4v) is 3.18. The maximum atomic E-state index is 13.0. The molecule has 3 rings (SSSR count). The van der Waals surface area contributed by atoms with Crippen molar-refractivity contribution in [1.82, 2.24) is 0 Å². The van der Waals surface area contributed by atoms with Gasteiger partial charge in [0.2, 0.25) is 0 Å². The van der Waals surface area contributed by atoms with Gasteiger partial charge in [-0.25, -0.2) is 4.39 Å². The molecule has 0 aromatic heterocycles. The van der Waals surface area contributed by atoms with E-state index in [0.29, 0.717) is 10.6 Å². The number of carbonyl (C=O) groups is 2. The molecule has 0 heterocycles. The summed E-state index contributed by atoms with van der Waals surface area (Å²) in [5.41, 5.74) is 1.37. The molecule has 0 radical (unpaired) electrons. The van der Waals surface area contributed by atoms with Gasteiger partial charge in [-0.2, -0.15) is 0 Å². The first-order valence-electron chi connectivity index (χ1n) is 7.04. The quantitative estimate of drug-likeness (QED) is 0.789. The van der Waals surface area contributed by atoms with Gasteiger partial charge in [0.15, 0.2) is 5.78 Å². The van der Waals surface area contributed by atoms with Crippen LogP contribution in [0.25, 0.3) is 0 Å². The SMILES string of the molecule is CC(=O)C1C(C(=O)c2ccc(F)cc2)C1c1ccc(Cl)cc1. The second-order valence-corrected chi connectivity index (χ2v) is 6.05. The Morgan fingerprint density at radius 1 is 0.955 bits per heavy atom. The van der Waals surface area contributed by atoms with Crippen LogP contribution in [0.15, 0.2) is 48.5 Å². The second kappa shape index (κ2) is 5.65. The summed E-state index contributed by atoms with van der Waals surface area (Å²) < 4.78 is 13.0. The van der Waals surface area contributed by atoms with E-state index in [-0.39, 0.29) is 35.1 Å². The maximum absolute atomic E-state index is 13.0. The van der Waals surface area contributed by atoms with Crippen LogP contribution in [0.2, 0.25) is 5.02 Å². The first kappa shape index (κ1) is 14.9. The summed E-state index contributed by atoms with van der Waals surface area (Å²) in [6, 6.07) is 12.7. The number of benzene rings is 2. The maximum Gasteiger partial charge on any atom is 0.167 e. The second-order valence-electron chi connectivity index (χ2n) is 5.61. The van der Waals surface area contributed by atoms with Crippen molar-refractivity contribution < 1.29 is 14.0 Å². The molecule has 0 amide bonds. The molecule has 22 heavy (non-hydrogen) atoms. The highest BCUT2D eigenvalue weighted by molar-refractivity contribution is 6.30. The molecule has 112 valence electrons. The molecule has 3 unspecified atom stereocenters. The molecular formula is C18H14ClFO2. The van der Waals surface area contributed by atoms with E-state index in [0.717, 1.165) is 5.56 Å². The fourth-order valence-electron chi connectivity index (χ4n) is 3.05. The highest BCUT2D eigenvalue weighted by Crippen LogP contribution is 2.55. The topological polar surface area (TPSA) is 34.1 Å². The number of hydrogen-bond donors (Lipinski definition) is 0. The van der Waals surface area contributed by atoms with Crippen molar-refractivity contribution in [3.05, 3.63) is 70.5 Å². The van der Waals surface area contributed by atoms with E-state index in [1.165, 1.54) is 31.2 Å². The summed E-state index contributed by atoms with van der Waals surface area (Å²) >= 11 is 5.88. The summed E-state index contributed by atoms with van der Waals surface area (Å²) in [5, 5.41) is 0.616. The Bertz CT molecular complexity index is 722. The van der Waals surface area contributed by atoms with E-state index in [1.807, 2.05) is 12.1 Å². The number of ketones is 2. The van der Waals surface area contributed by atoms with Gasteiger partial charge in [0.05, 0.1) is 0 Å². The average Bonchev–Trinajstić information content (AvgIpc) is 3.24. The van der Waals surface area contributed by atoms with Crippen LogP contribution in [-0.2, 0) is 4.79 Å². The first-order valence-corrected chi connectivity index (χ1v) is 7.42. The van der Waals surface area contributed by atoms with Crippen LogP contribution in [-0.4, -0.2) is 11.6 Å². The first-order chi connectivity index (χ1) is 10.5. The lowest BCUT2D eigenvalue weighted by Crippen LogP contribution is -2.06. The van der Waals surface area contributed by atoms with Crippen molar-refractivity contribution in [2.24, 2.45) is 11.8 Å². The molecule has 0 N–H and O–H groups in total. The van der Waals surface area contributed by atoms with Gasteiger partial charge in [0, 0.05) is 28.3 Å². The zero-order chi connectivity index (χ0) is 15.9. The van der Waals surface area contributed by atoms with Crippen LogP contribution in [0.3, 0.4) is 0 Å². The molecule has 1 aliphatic carbocycles. The summed E-state index contributed by atoms with van der Waals surface area (Å²) in [7, 11) is 0. The third-order valence-corrected chi connectivity index (χ3v) is 4.43. The number of halogens is 2. The lowest BCUT2D eigenvalue weighted by molar-refractivity contribution is -0.118. The molecule has 0 aliphatic heterocycles. The Kier molecular flexibility index (Phi) is 3.83. The standard InChI is InChI=1S/C18H14ClFO2/c1-10(21)15-16(11-2-6-13(19)7-3-11)17(15)18(22)12-4-8-14(20)9-5-12/h2-9,15-17H,1H3. The minimum Gasteiger partial charge on any atom is -0.300 e. The van der Waals surface area contributed by atoms with Gasteiger partial charge in [-0.3, -0.25) is 9.59 Å². The molecule has 1 fully saturated rings. The summed E-state index contributed by atoms with van der Waals surface area (Å²) in [5.74, 6) is -1.29. The predicted molar refractivity (Wildman–Crippen MR) is 82.6 cm³/mol. The van der Waals surface area contributed by atoms with Gasteiger partial charge in [0.25, 0.3) is 0 Å². The summed E-state index contributed by atoms with van der Waals surface area (Å²) in [6.07, 6.45) is 0. The summed E-state index contributed by atoms with van der Waals surface area (Å²) in [6.45, 7) is 1.51. The van der Waals surface area contributed by atoms with Crippen LogP contribution < -0.4 is 0 Å². The number of rotatable bonds is 4. The van der Waals surface area contributed by atoms with Crippen molar-refractivity contribution in [1.29, 1.82) is 0 Å². The molecular weight excluding hydrogens is 303 g/mol. The molecule has 2 nitrogen and oxygen atoms in total. The third-order valence-electron chi connectivity index (χ3n) is 4.18. The van der Waals surface area contributed by atoms with E-state index in [1.54, 1.807) is 12.1 Å². The Morgan fingerprint density at radius 3 is 2.09 bits per heavy atom. The Labute approximate surface area is 132 Å². The largest absolute Gasteiger partial charge is 0.300 e. The van der Waals surface area contributed by atoms with Crippen molar-refractivity contribution in [3.8, 4) is 0 Å². The van der Waals surface area contributed by atoms with E-state index in [4.69, 9.17) is 11.6 Å². The molecule has 0 bridgehead atoms. The zero-order valence-electron chi connectivity index (χ0n) is 11.9. The normalized spacial score (nSPS) is 23.1. The predicted octanol–water partition coefficient (Wildman–Crippen LogP) is 4.28. The fraction of sp³-hybridized carbons (Fsp3) is 0.222. The smallest absolute Gasteiger partial charge is 0.167 e. The molecule has 1 saturated carbocycles. The Morgan fingerprint density at radius 2 is 1.55 bits per heavy atom. The molecule has 4 heteroatoms. The van der Waals surface area contributed by atoms with Crippen LogP contribution in [0.5, 0.6) is 0 Å². The molecule has 2 aromatic rings. The van der Waals surface area contributed by atoms with Crippen molar-refractivity contribution in [2.45, 2.75) is 12.8 Å². The van der Waals surface area contributed by atoms with Crippen molar-refractivity contribution in [2.75, 3.05) is 0 Å². The van der Waals surface area contributed by atoms with Gasteiger partial charge in [0.1, 0.15) is 11.6 Å². The monoisotopic (exact) mass is 316 g/mol. The van der Waals surface area contributed by atoms with E-state index >= 15 is 0 Å². The molecule has 0 saturated heterocycles. The van der Waals surface area contributed by atoms with Crippen LogP contribution in [0, 0.1) is 17.7 Å². The molecule has 3 atom stereocenters. The zero-order valence-corrected chi connectivity index (χ0v) is 12.7. The highest BCUT2D eigenvalue weighted by Gasteiger charge is 2.57. The van der Waals surface area contributed by atoms with Crippen LogP contribution in [0.4, 0.5) is 4.39 Å². The van der Waals surface area contributed by atoms with Gasteiger partial charge >= 0.3 is 0 Å². The Balaban J connectivity index is 1.88. The van der Waals surface area contributed by atoms with E-state index < -0.39 is 0 Å². The average molecular weight is 317 g/mol. The number of carbonyl (C=O) groups excluding carboxylic acids is 2. The minimum atomic E-state index is -0.385. The Hall–Kier alpha value is -2.00. The molecule has 1 aliphatic rings.